The highest BCUT2D eigenvalue weighted by molar-refractivity contribution is 8.00. The van der Waals surface area contributed by atoms with Gasteiger partial charge >= 0.3 is 0 Å². The molecule has 0 saturated heterocycles. The minimum atomic E-state index is 0.704. The summed E-state index contributed by atoms with van der Waals surface area (Å²) in [7, 11) is 1.93. The summed E-state index contributed by atoms with van der Waals surface area (Å²) in [5.41, 5.74) is 0.977. The van der Waals surface area contributed by atoms with Crippen LogP contribution in [0, 0.1) is 6.92 Å². The molecule has 102 valence electrons. The van der Waals surface area contributed by atoms with Gasteiger partial charge in [0.25, 0.3) is 0 Å². The first kappa shape index (κ1) is 13.5. The Hall–Kier alpha value is -1.44. The molecule has 5 nitrogen and oxygen atoms in total. The normalized spacial score (nSPS) is 10.9. The molecule has 1 aromatic carbocycles. The predicted octanol–water partition coefficient (Wildman–Crippen LogP) is 3.45. The first-order valence-electron chi connectivity index (χ1n) is 5.77. The van der Waals surface area contributed by atoms with E-state index in [2.05, 4.69) is 19.6 Å². The van der Waals surface area contributed by atoms with E-state index in [1.54, 1.807) is 0 Å². The van der Waals surface area contributed by atoms with Gasteiger partial charge < -0.3 is 4.57 Å². The molecule has 20 heavy (non-hydrogen) atoms. The Morgan fingerprint density at radius 1 is 1.20 bits per heavy atom. The maximum Gasteiger partial charge on any atom is 0.198 e. The van der Waals surface area contributed by atoms with Gasteiger partial charge in [-0.1, -0.05) is 11.6 Å². The average molecular weight is 324 g/mol. The van der Waals surface area contributed by atoms with Crippen molar-refractivity contribution in [3.05, 3.63) is 35.1 Å². The number of benzene rings is 1. The molecule has 0 radical (unpaired) electrons. The standard InChI is InChI=1S/C12H10ClN5S2/c1-7-14-12(20-17-7)19-11-16-15-10(18(11)2)8-3-5-9(13)6-4-8/h3-6H,1-2H3. The number of halogens is 1. The van der Waals surface area contributed by atoms with Gasteiger partial charge in [0.05, 0.1) is 0 Å². The van der Waals surface area contributed by atoms with Gasteiger partial charge in [0.1, 0.15) is 5.82 Å². The van der Waals surface area contributed by atoms with E-state index in [4.69, 9.17) is 11.6 Å². The predicted molar refractivity (Wildman–Crippen MR) is 80.2 cm³/mol. The zero-order valence-electron chi connectivity index (χ0n) is 10.7. The number of rotatable bonds is 3. The fraction of sp³-hybridized carbons (Fsp3) is 0.167. The number of aromatic nitrogens is 5. The number of aryl methyl sites for hydroxylation is 1. The van der Waals surface area contributed by atoms with E-state index in [1.807, 2.05) is 42.8 Å². The van der Waals surface area contributed by atoms with Crippen molar-refractivity contribution >= 4 is 34.9 Å². The van der Waals surface area contributed by atoms with Crippen molar-refractivity contribution in [3.8, 4) is 11.4 Å². The van der Waals surface area contributed by atoms with Gasteiger partial charge in [-0.3, -0.25) is 0 Å². The van der Waals surface area contributed by atoms with Crippen LogP contribution in [0.5, 0.6) is 0 Å². The van der Waals surface area contributed by atoms with Gasteiger partial charge in [-0.05, 0) is 54.5 Å². The molecular formula is C12H10ClN5S2. The largest absolute Gasteiger partial charge is 0.305 e. The smallest absolute Gasteiger partial charge is 0.198 e. The maximum atomic E-state index is 5.89. The minimum absolute atomic E-state index is 0.704. The lowest BCUT2D eigenvalue weighted by atomic mass is 10.2. The summed E-state index contributed by atoms with van der Waals surface area (Å²) in [6.45, 7) is 1.87. The summed E-state index contributed by atoms with van der Waals surface area (Å²) in [6.07, 6.45) is 0. The van der Waals surface area contributed by atoms with E-state index in [0.717, 1.165) is 26.7 Å². The fourth-order valence-electron chi connectivity index (χ4n) is 1.65. The molecule has 0 aliphatic carbocycles. The lowest BCUT2D eigenvalue weighted by Crippen LogP contribution is -1.94. The summed E-state index contributed by atoms with van der Waals surface area (Å²) >= 11 is 8.72. The van der Waals surface area contributed by atoms with Gasteiger partial charge in [0.2, 0.25) is 0 Å². The zero-order chi connectivity index (χ0) is 14.1. The van der Waals surface area contributed by atoms with Crippen LogP contribution in [0.15, 0.2) is 33.8 Å². The Balaban J connectivity index is 1.90. The highest BCUT2D eigenvalue weighted by Gasteiger charge is 2.13. The Bertz CT molecular complexity index is 735. The topological polar surface area (TPSA) is 56.5 Å². The molecule has 0 N–H and O–H groups in total. The molecular weight excluding hydrogens is 314 g/mol. The Morgan fingerprint density at radius 2 is 1.95 bits per heavy atom. The Morgan fingerprint density at radius 3 is 2.60 bits per heavy atom. The molecule has 0 spiro atoms. The number of nitrogens with zero attached hydrogens (tertiary/aromatic N) is 5. The summed E-state index contributed by atoms with van der Waals surface area (Å²) < 4.78 is 6.95. The minimum Gasteiger partial charge on any atom is -0.305 e. The third-order valence-corrected chi connectivity index (χ3v) is 4.76. The fourth-order valence-corrected chi connectivity index (χ4v) is 3.33. The average Bonchev–Trinajstić information content (AvgIpc) is 2.99. The number of hydrogen-bond donors (Lipinski definition) is 0. The molecule has 0 atom stereocenters. The van der Waals surface area contributed by atoms with Crippen LogP contribution < -0.4 is 0 Å². The van der Waals surface area contributed by atoms with Gasteiger partial charge in [0, 0.05) is 17.6 Å². The molecule has 3 rings (SSSR count). The quantitative estimate of drug-likeness (QED) is 0.739. The first-order valence-corrected chi connectivity index (χ1v) is 7.74. The van der Waals surface area contributed by atoms with Crippen LogP contribution in [0.2, 0.25) is 5.02 Å². The van der Waals surface area contributed by atoms with Gasteiger partial charge in [-0.15, -0.1) is 10.2 Å². The van der Waals surface area contributed by atoms with Crippen molar-refractivity contribution in [3.63, 3.8) is 0 Å². The van der Waals surface area contributed by atoms with E-state index in [-0.39, 0.29) is 0 Å². The molecule has 0 unspecified atom stereocenters. The van der Waals surface area contributed by atoms with Crippen LogP contribution in [0.4, 0.5) is 0 Å². The van der Waals surface area contributed by atoms with Crippen molar-refractivity contribution in [1.29, 1.82) is 0 Å². The van der Waals surface area contributed by atoms with Crippen molar-refractivity contribution in [2.75, 3.05) is 0 Å². The third kappa shape index (κ3) is 2.70. The highest BCUT2D eigenvalue weighted by atomic mass is 35.5. The van der Waals surface area contributed by atoms with E-state index in [0.29, 0.717) is 5.02 Å². The van der Waals surface area contributed by atoms with Crippen LogP contribution in [0.25, 0.3) is 11.4 Å². The second-order valence-electron chi connectivity index (χ2n) is 4.08. The monoisotopic (exact) mass is 323 g/mol. The summed E-state index contributed by atoms with van der Waals surface area (Å²) in [5, 5.41) is 9.91. The second kappa shape index (κ2) is 5.51. The Kier molecular flexibility index (Phi) is 3.73. The van der Waals surface area contributed by atoms with Crippen LogP contribution in [0.3, 0.4) is 0 Å². The van der Waals surface area contributed by atoms with Gasteiger partial charge in [0.15, 0.2) is 15.3 Å². The second-order valence-corrected chi connectivity index (χ2v) is 6.48. The molecule has 0 amide bonds. The molecule has 0 saturated carbocycles. The molecule has 0 aliphatic rings. The van der Waals surface area contributed by atoms with Crippen LogP contribution in [-0.4, -0.2) is 24.1 Å². The molecule has 8 heteroatoms. The molecule has 0 bridgehead atoms. The van der Waals surface area contributed by atoms with Crippen molar-refractivity contribution in [1.82, 2.24) is 24.1 Å². The Labute approximate surface area is 129 Å². The zero-order valence-corrected chi connectivity index (χ0v) is 13.1. The van der Waals surface area contributed by atoms with Crippen molar-refractivity contribution in [2.24, 2.45) is 7.05 Å². The summed E-state index contributed by atoms with van der Waals surface area (Å²) in [5.74, 6) is 1.57. The summed E-state index contributed by atoms with van der Waals surface area (Å²) in [4.78, 5) is 4.31. The van der Waals surface area contributed by atoms with Gasteiger partial charge in [-0.25, -0.2) is 4.98 Å². The lowest BCUT2D eigenvalue weighted by Gasteiger charge is -2.02. The van der Waals surface area contributed by atoms with E-state index in [9.17, 15) is 0 Å². The van der Waals surface area contributed by atoms with Crippen LogP contribution >= 0.6 is 34.9 Å². The molecule has 2 aromatic heterocycles. The molecule has 0 fully saturated rings. The van der Waals surface area contributed by atoms with Crippen molar-refractivity contribution < 1.29 is 0 Å². The van der Waals surface area contributed by atoms with Crippen LogP contribution in [0.1, 0.15) is 5.82 Å². The SMILES string of the molecule is Cc1nsc(Sc2nnc(-c3ccc(Cl)cc3)n2C)n1. The van der Waals surface area contributed by atoms with Gasteiger partial charge in [-0.2, -0.15) is 4.37 Å². The van der Waals surface area contributed by atoms with E-state index < -0.39 is 0 Å². The maximum absolute atomic E-state index is 5.89. The van der Waals surface area contributed by atoms with E-state index >= 15 is 0 Å². The molecule has 2 heterocycles. The number of hydrogen-bond acceptors (Lipinski definition) is 6. The third-order valence-electron chi connectivity index (χ3n) is 2.62. The lowest BCUT2D eigenvalue weighted by molar-refractivity contribution is 0.793. The summed E-state index contributed by atoms with van der Waals surface area (Å²) in [6, 6.07) is 7.53. The van der Waals surface area contributed by atoms with E-state index in [1.165, 1.54) is 23.3 Å². The molecule has 3 aromatic rings. The van der Waals surface area contributed by atoms with Crippen molar-refractivity contribution in [2.45, 2.75) is 16.4 Å². The molecule has 0 aliphatic heterocycles. The highest BCUT2D eigenvalue weighted by Crippen LogP contribution is 2.29. The van der Waals surface area contributed by atoms with Crippen LogP contribution in [-0.2, 0) is 7.05 Å². The first-order chi connectivity index (χ1) is 9.63.